The molecule has 0 aliphatic carbocycles. The number of hydrogen-bond donors (Lipinski definition) is 2. The van der Waals surface area contributed by atoms with E-state index in [1.54, 1.807) is 0 Å². The molecule has 4 heteroatoms. The quantitative estimate of drug-likeness (QED) is 0.730. The highest BCUT2D eigenvalue weighted by Crippen LogP contribution is 2.26. The molecular weight excluding hydrogens is 240 g/mol. The summed E-state index contributed by atoms with van der Waals surface area (Å²) in [5, 5.41) is 13.5. The zero-order valence-corrected chi connectivity index (χ0v) is 12.5. The van der Waals surface area contributed by atoms with E-state index < -0.39 is 0 Å². The molecule has 3 unspecified atom stereocenters. The Kier molecular flexibility index (Phi) is 6.07. The molecule has 4 nitrogen and oxygen atoms in total. The van der Waals surface area contributed by atoms with Crippen LogP contribution in [0.2, 0.25) is 0 Å². The molecule has 2 N–H and O–H groups in total. The number of rotatable bonds is 7. The van der Waals surface area contributed by atoms with Gasteiger partial charge in [0.2, 0.25) is 0 Å². The Morgan fingerprint density at radius 3 is 2.84 bits per heavy atom. The summed E-state index contributed by atoms with van der Waals surface area (Å²) in [5.74, 6) is 0.533. The maximum absolute atomic E-state index is 9.92. The van der Waals surface area contributed by atoms with Crippen molar-refractivity contribution in [2.45, 2.75) is 57.7 Å². The number of fused-ring (bicyclic) bond motifs is 1. The second-order valence-electron chi connectivity index (χ2n) is 6.49. The van der Waals surface area contributed by atoms with Crippen molar-refractivity contribution in [2.75, 3.05) is 32.8 Å². The third-order valence-corrected chi connectivity index (χ3v) is 4.23. The minimum Gasteiger partial charge on any atom is -0.389 e. The second-order valence-corrected chi connectivity index (χ2v) is 6.49. The van der Waals surface area contributed by atoms with E-state index in [1.165, 1.54) is 38.8 Å². The Balaban J connectivity index is 1.62. The van der Waals surface area contributed by atoms with E-state index in [9.17, 15) is 5.11 Å². The van der Waals surface area contributed by atoms with Crippen LogP contribution in [0.4, 0.5) is 0 Å². The zero-order chi connectivity index (χ0) is 13.7. The summed E-state index contributed by atoms with van der Waals surface area (Å²) in [6, 6.07) is 1.28. The summed E-state index contributed by atoms with van der Waals surface area (Å²) in [4.78, 5) is 2.61. The summed E-state index contributed by atoms with van der Waals surface area (Å²) >= 11 is 0. The van der Waals surface area contributed by atoms with E-state index in [4.69, 9.17) is 4.74 Å². The van der Waals surface area contributed by atoms with Crippen molar-refractivity contribution >= 4 is 0 Å². The summed E-state index contributed by atoms with van der Waals surface area (Å²) < 4.78 is 5.48. The first-order valence-electron chi connectivity index (χ1n) is 7.90. The van der Waals surface area contributed by atoms with E-state index in [0.717, 1.165) is 6.61 Å². The molecule has 19 heavy (non-hydrogen) atoms. The van der Waals surface area contributed by atoms with Gasteiger partial charge in [-0.3, -0.25) is 4.90 Å². The Labute approximate surface area is 117 Å². The number of nitrogens with one attached hydrogen (secondary N) is 1. The van der Waals surface area contributed by atoms with Crippen LogP contribution in [0, 0.1) is 5.92 Å². The fourth-order valence-corrected chi connectivity index (χ4v) is 3.27. The van der Waals surface area contributed by atoms with Gasteiger partial charge in [-0.25, -0.2) is 0 Å². The largest absolute Gasteiger partial charge is 0.389 e. The lowest BCUT2D eigenvalue weighted by molar-refractivity contribution is 0.0241. The van der Waals surface area contributed by atoms with Crippen molar-refractivity contribution in [1.82, 2.24) is 10.2 Å². The molecule has 2 heterocycles. The van der Waals surface area contributed by atoms with Crippen LogP contribution in [0.5, 0.6) is 0 Å². The average Bonchev–Trinajstić information content (AvgIpc) is 2.79. The molecule has 0 aromatic carbocycles. The first kappa shape index (κ1) is 15.2. The van der Waals surface area contributed by atoms with Gasteiger partial charge in [-0.15, -0.1) is 0 Å². The minimum atomic E-state index is -0.378. The number of piperidine rings is 1. The Morgan fingerprint density at radius 1 is 1.21 bits per heavy atom. The topological polar surface area (TPSA) is 44.7 Å². The molecule has 0 spiro atoms. The van der Waals surface area contributed by atoms with Crippen molar-refractivity contribution in [2.24, 2.45) is 5.92 Å². The molecule has 2 aliphatic rings. The zero-order valence-electron chi connectivity index (χ0n) is 12.5. The van der Waals surface area contributed by atoms with Gasteiger partial charge in [0, 0.05) is 31.8 Å². The smallest absolute Gasteiger partial charge is 0.0897 e. The van der Waals surface area contributed by atoms with Crippen LogP contribution in [0.15, 0.2) is 0 Å². The first-order chi connectivity index (χ1) is 9.16. The van der Waals surface area contributed by atoms with E-state index in [-0.39, 0.29) is 6.10 Å². The number of aliphatic hydroxyl groups excluding tert-OH is 1. The third-order valence-electron chi connectivity index (χ3n) is 4.23. The lowest BCUT2D eigenvalue weighted by Crippen LogP contribution is -2.47. The SMILES string of the molecule is CC(C)COCC(O)CNC1CCN2CCCCC12. The molecule has 2 aliphatic heterocycles. The van der Waals surface area contributed by atoms with Crippen molar-refractivity contribution < 1.29 is 9.84 Å². The summed E-state index contributed by atoms with van der Waals surface area (Å²) in [5.41, 5.74) is 0. The van der Waals surface area contributed by atoms with Gasteiger partial charge in [-0.2, -0.15) is 0 Å². The van der Waals surface area contributed by atoms with Gasteiger partial charge >= 0.3 is 0 Å². The fraction of sp³-hybridized carbons (Fsp3) is 1.00. The molecule has 2 fully saturated rings. The molecule has 0 bridgehead atoms. The molecule has 3 atom stereocenters. The van der Waals surface area contributed by atoms with Gasteiger partial charge in [-0.1, -0.05) is 20.3 Å². The van der Waals surface area contributed by atoms with Gasteiger partial charge in [0.25, 0.3) is 0 Å². The predicted molar refractivity (Wildman–Crippen MR) is 77.3 cm³/mol. The minimum absolute atomic E-state index is 0.378. The predicted octanol–water partition coefficient (Wildman–Crippen LogP) is 1.24. The van der Waals surface area contributed by atoms with Crippen LogP contribution in [0.25, 0.3) is 0 Å². The van der Waals surface area contributed by atoms with E-state index in [1.807, 2.05) is 0 Å². The molecule has 0 aromatic heterocycles. The van der Waals surface area contributed by atoms with Crippen LogP contribution in [-0.4, -0.2) is 61.0 Å². The molecule has 0 saturated carbocycles. The maximum Gasteiger partial charge on any atom is 0.0897 e. The molecule has 0 amide bonds. The molecule has 2 rings (SSSR count). The lowest BCUT2D eigenvalue weighted by Gasteiger charge is -2.33. The van der Waals surface area contributed by atoms with E-state index in [2.05, 4.69) is 24.1 Å². The van der Waals surface area contributed by atoms with Gasteiger partial charge < -0.3 is 15.2 Å². The Morgan fingerprint density at radius 2 is 2.05 bits per heavy atom. The van der Waals surface area contributed by atoms with E-state index in [0.29, 0.717) is 31.2 Å². The van der Waals surface area contributed by atoms with Crippen LogP contribution >= 0.6 is 0 Å². The summed E-state index contributed by atoms with van der Waals surface area (Å²) in [6.07, 6.45) is 4.88. The Hall–Kier alpha value is -0.160. The van der Waals surface area contributed by atoms with Crippen LogP contribution < -0.4 is 5.32 Å². The summed E-state index contributed by atoms with van der Waals surface area (Å²) in [6.45, 7) is 8.59. The molecule has 0 radical (unpaired) electrons. The number of hydrogen-bond acceptors (Lipinski definition) is 4. The normalized spacial score (nSPS) is 29.7. The van der Waals surface area contributed by atoms with Crippen LogP contribution in [0.3, 0.4) is 0 Å². The van der Waals surface area contributed by atoms with Crippen LogP contribution in [0.1, 0.15) is 39.5 Å². The monoisotopic (exact) mass is 270 g/mol. The van der Waals surface area contributed by atoms with Gasteiger partial charge in [-0.05, 0) is 31.7 Å². The average molecular weight is 270 g/mol. The molecule has 112 valence electrons. The number of nitrogens with zero attached hydrogens (tertiary/aromatic N) is 1. The number of aliphatic hydroxyl groups is 1. The van der Waals surface area contributed by atoms with Gasteiger partial charge in [0.1, 0.15) is 0 Å². The third kappa shape index (κ3) is 4.71. The van der Waals surface area contributed by atoms with Gasteiger partial charge in [0.05, 0.1) is 12.7 Å². The molecule has 0 aromatic rings. The Bertz CT molecular complexity index is 261. The lowest BCUT2D eigenvalue weighted by atomic mass is 9.99. The first-order valence-corrected chi connectivity index (χ1v) is 7.90. The summed E-state index contributed by atoms with van der Waals surface area (Å²) in [7, 11) is 0. The van der Waals surface area contributed by atoms with Crippen molar-refractivity contribution in [3.63, 3.8) is 0 Å². The second kappa shape index (κ2) is 7.58. The van der Waals surface area contributed by atoms with Crippen molar-refractivity contribution in [3.8, 4) is 0 Å². The van der Waals surface area contributed by atoms with Crippen molar-refractivity contribution in [3.05, 3.63) is 0 Å². The highest BCUT2D eigenvalue weighted by Gasteiger charge is 2.35. The van der Waals surface area contributed by atoms with E-state index >= 15 is 0 Å². The van der Waals surface area contributed by atoms with Crippen LogP contribution in [-0.2, 0) is 4.74 Å². The number of ether oxygens (including phenoxy) is 1. The highest BCUT2D eigenvalue weighted by atomic mass is 16.5. The van der Waals surface area contributed by atoms with Gasteiger partial charge in [0.15, 0.2) is 0 Å². The highest BCUT2D eigenvalue weighted by molar-refractivity contribution is 4.94. The maximum atomic E-state index is 9.92. The molecule has 2 saturated heterocycles. The molecular formula is C15H30N2O2. The standard InChI is InChI=1S/C15H30N2O2/c1-12(2)10-19-11-13(18)9-16-14-6-8-17-7-4-3-5-15(14)17/h12-16,18H,3-11H2,1-2H3. The van der Waals surface area contributed by atoms with Crippen molar-refractivity contribution in [1.29, 1.82) is 0 Å². The fourth-order valence-electron chi connectivity index (χ4n) is 3.27.